The van der Waals surface area contributed by atoms with Crippen LogP contribution in [-0.2, 0) is 4.79 Å². The number of hydrogen-bond acceptors (Lipinski definition) is 5. The van der Waals surface area contributed by atoms with Crippen molar-refractivity contribution in [1.82, 2.24) is 10.3 Å². The predicted molar refractivity (Wildman–Crippen MR) is 69.9 cm³/mol. The van der Waals surface area contributed by atoms with Gasteiger partial charge in [-0.2, -0.15) is 0 Å². The highest BCUT2D eigenvalue weighted by molar-refractivity contribution is 8.01. The van der Waals surface area contributed by atoms with Crippen molar-refractivity contribution in [2.45, 2.75) is 37.4 Å². The Labute approximate surface area is 104 Å². The zero-order valence-corrected chi connectivity index (χ0v) is 11.6. The number of carbonyl (C=O) groups excluding carboxylic acids is 1. The molecule has 6 heteroatoms. The van der Waals surface area contributed by atoms with E-state index in [1.807, 2.05) is 27.7 Å². The van der Waals surface area contributed by atoms with Gasteiger partial charge in [-0.3, -0.25) is 4.79 Å². The van der Waals surface area contributed by atoms with Gasteiger partial charge in [-0.1, -0.05) is 11.3 Å². The van der Waals surface area contributed by atoms with Crippen LogP contribution in [-0.4, -0.2) is 22.2 Å². The van der Waals surface area contributed by atoms with E-state index in [4.69, 9.17) is 5.73 Å². The number of nitrogens with one attached hydrogen (secondary N) is 1. The van der Waals surface area contributed by atoms with Crippen LogP contribution in [0.4, 0.5) is 5.13 Å². The number of rotatable bonds is 3. The second kappa shape index (κ2) is 5.05. The molecule has 0 aromatic carbocycles. The number of nitrogens with two attached hydrogens (primary N) is 1. The molecule has 4 nitrogen and oxygen atoms in total. The molecule has 0 radical (unpaired) electrons. The third-order valence-corrected chi connectivity index (χ3v) is 3.97. The van der Waals surface area contributed by atoms with Crippen LogP contribution in [0.1, 0.15) is 26.5 Å². The lowest BCUT2D eigenvalue weighted by molar-refractivity contribution is -0.119. The first kappa shape index (κ1) is 13.3. The Morgan fingerprint density at radius 2 is 2.19 bits per heavy atom. The van der Waals surface area contributed by atoms with E-state index < -0.39 is 0 Å². The number of anilines is 1. The molecule has 0 fully saturated rings. The fourth-order valence-corrected chi connectivity index (χ4v) is 2.95. The Hall–Kier alpha value is -0.750. The van der Waals surface area contributed by atoms with Gasteiger partial charge in [0.15, 0.2) is 5.13 Å². The summed E-state index contributed by atoms with van der Waals surface area (Å²) in [6, 6.07) is 0. The molecule has 0 aliphatic heterocycles. The summed E-state index contributed by atoms with van der Waals surface area (Å²) in [5.74, 6) is 0.434. The average molecular weight is 259 g/mol. The maximum Gasteiger partial charge on any atom is 0.230 e. The first-order chi connectivity index (χ1) is 7.28. The minimum atomic E-state index is -0.181. The summed E-state index contributed by atoms with van der Waals surface area (Å²) in [7, 11) is 0. The van der Waals surface area contributed by atoms with Gasteiger partial charge in [0.25, 0.3) is 0 Å². The summed E-state index contributed by atoms with van der Waals surface area (Å²) < 4.78 is 1.02. The minimum absolute atomic E-state index is 0.0314. The molecule has 0 aliphatic rings. The summed E-state index contributed by atoms with van der Waals surface area (Å²) in [4.78, 5) is 15.7. The van der Waals surface area contributed by atoms with Gasteiger partial charge in [0.1, 0.15) is 0 Å². The molecule has 0 saturated heterocycles. The first-order valence-corrected chi connectivity index (χ1v) is 6.75. The molecule has 0 spiro atoms. The second-order valence-electron chi connectivity index (χ2n) is 4.51. The maximum absolute atomic E-state index is 11.6. The van der Waals surface area contributed by atoms with Crippen LogP contribution in [0.2, 0.25) is 0 Å². The van der Waals surface area contributed by atoms with Crippen molar-refractivity contribution in [1.29, 1.82) is 0 Å². The summed E-state index contributed by atoms with van der Waals surface area (Å²) in [6.45, 7) is 7.79. The Morgan fingerprint density at radius 1 is 1.56 bits per heavy atom. The second-order valence-corrected chi connectivity index (χ2v) is 6.79. The smallest absolute Gasteiger partial charge is 0.230 e. The number of thiazole rings is 1. The Balaban J connectivity index is 2.46. The molecule has 0 bridgehead atoms. The van der Waals surface area contributed by atoms with Gasteiger partial charge in [-0.15, -0.1) is 11.8 Å². The molecule has 0 atom stereocenters. The topological polar surface area (TPSA) is 68.0 Å². The lowest BCUT2D eigenvalue weighted by atomic mass is 10.1. The molecule has 1 heterocycles. The number of hydrogen-bond donors (Lipinski definition) is 2. The molecule has 16 heavy (non-hydrogen) atoms. The van der Waals surface area contributed by atoms with Crippen molar-refractivity contribution >= 4 is 34.1 Å². The normalized spacial score (nSPS) is 11.5. The fourth-order valence-electron chi connectivity index (χ4n) is 1.12. The average Bonchev–Trinajstić information content (AvgIpc) is 2.38. The third-order valence-electron chi connectivity index (χ3n) is 1.62. The van der Waals surface area contributed by atoms with E-state index in [2.05, 4.69) is 10.3 Å². The van der Waals surface area contributed by atoms with E-state index in [0.717, 1.165) is 9.90 Å². The molecular weight excluding hydrogens is 242 g/mol. The van der Waals surface area contributed by atoms with Gasteiger partial charge in [-0.05, 0) is 27.7 Å². The zero-order valence-electron chi connectivity index (χ0n) is 9.96. The number of amides is 1. The van der Waals surface area contributed by atoms with Gasteiger partial charge < -0.3 is 11.1 Å². The van der Waals surface area contributed by atoms with Gasteiger partial charge in [0.2, 0.25) is 5.91 Å². The third kappa shape index (κ3) is 4.40. The highest BCUT2D eigenvalue weighted by Gasteiger charge is 2.15. The largest absolute Gasteiger partial charge is 0.375 e. The molecule has 0 aliphatic carbocycles. The van der Waals surface area contributed by atoms with E-state index in [-0.39, 0.29) is 11.4 Å². The molecule has 1 rings (SSSR count). The van der Waals surface area contributed by atoms with Crippen LogP contribution in [0.25, 0.3) is 0 Å². The molecule has 0 unspecified atom stereocenters. The van der Waals surface area contributed by atoms with Crippen LogP contribution in [0.3, 0.4) is 0 Å². The Bertz CT molecular complexity index is 382. The monoisotopic (exact) mass is 259 g/mol. The number of thioether (sulfide) groups is 1. The first-order valence-electron chi connectivity index (χ1n) is 4.94. The number of nitrogens with zero attached hydrogens (tertiary/aromatic N) is 1. The molecule has 3 N–H and O–H groups in total. The van der Waals surface area contributed by atoms with Gasteiger partial charge in [0.05, 0.1) is 15.7 Å². The number of aromatic nitrogens is 1. The minimum Gasteiger partial charge on any atom is -0.375 e. The van der Waals surface area contributed by atoms with Crippen LogP contribution in [0.15, 0.2) is 4.21 Å². The summed E-state index contributed by atoms with van der Waals surface area (Å²) >= 11 is 2.90. The molecule has 1 aromatic rings. The SMILES string of the molecule is Cc1nc(N)sc1SCC(=O)NC(C)(C)C. The number of nitrogen functional groups attached to an aromatic ring is 1. The fraction of sp³-hybridized carbons (Fsp3) is 0.600. The highest BCUT2D eigenvalue weighted by Crippen LogP contribution is 2.30. The predicted octanol–water partition coefficient (Wildman–Crippen LogP) is 2.04. The van der Waals surface area contributed by atoms with Crippen LogP contribution < -0.4 is 11.1 Å². The van der Waals surface area contributed by atoms with E-state index in [0.29, 0.717) is 10.9 Å². The van der Waals surface area contributed by atoms with Crippen molar-refractivity contribution in [3.63, 3.8) is 0 Å². The molecular formula is C10H17N3OS2. The lowest BCUT2D eigenvalue weighted by Gasteiger charge is -2.20. The lowest BCUT2D eigenvalue weighted by Crippen LogP contribution is -2.41. The van der Waals surface area contributed by atoms with E-state index in [1.165, 1.54) is 23.1 Å². The quantitative estimate of drug-likeness (QED) is 0.815. The van der Waals surface area contributed by atoms with E-state index in [1.54, 1.807) is 0 Å². The standard InChI is InChI=1S/C10H17N3OS2/c1-6-8(16-9(11)12-6)15-5-7(14)13-10(2,3)4/h5H2,1-4H3,(H2,11,12)(H,13,14). The van der Waals surface area contributed by atoms with Crippen LogP contribution in [0, 0.1) is 6.92 Å². The molecule has 0 saturated carbocycles. The number of aryl methyl sites for hydroxylation is 1. The van der Waals surface area contributed by atoms with Crippen LogP contribution >= 0.6 is 23.1 Å². The van der Waals surface area contributed by atoms with Crippen molar-refractivity contribution in [2.75, 3.05) is 11.5 Å². The Kier molecular flexibility index (Phi) is 4.21. The van der Waals surface area contributed by atoms with E-state index >= 15 is 0 Å². The van der Waals surface area contributed by atoms with Gasteiger partial charge in [-0.25, -0.2) is 4.98 Å². The van der Waals surface area contributed by atoms with Crippen molar-refractivity contribution in [3.8, 4) is 0 Å². The van der Waals surface area contributed by atoms with Crippen molar-refractivity contribution < 1.29 is 4.79 Å². The van der Waals surface area contributed by atoms with Crippen molar-refractivity contribution in [2.24, 2.45) is 0 Å². The molecule has 1 amide bonds. The Morgan fingerprint density at radius 3 is 2.62 bits per heavy atom. The maximum atomic E-state index is 11.6. The summed E-state index contributed by atoms with van der Waals surface area (Å²) in [6.07, 6.45) is 0. The number of carbonyl (C=O) groups is 1. The van der Waals surface area contributed by atoms with Crippen molar-refractivity contribution in [3.05, 3.63) is 5.69 Å². The van der Waals surface area contributed by atoms with Crippen LogP contribution in [0.5, 0.6) is 0 Å². The summed E-state index contributed by atoms with van der Waals surface area (Å²) in [5.41, 5.74) is 6.30. The zero-order chi connectivity index (χ0) is 12.3. The molecule has 1 aromatic heterocycles. The summed E-state index contributed by atoms with van der Waals surface area (Å²) in [5, 5.41) is 3.46. The van der Waals surface area contributed by atoms with Gasteiger partial charge >= 0.3 is 0 Å². The van der Waals surface area contributed by atoms with Gasteiger partial charge in [0, 0.05) is 5.54 Å². The van der Waals surface area contributed by atoms with E-state index in [9.17, 15) is 4.79 Å². The highest BCUT2D eigenvalue weighted by atomic mass is 32.2. The molecule has 90 valence electrons.